The van der Waals surface area contributed by atoms with Gasteiger partial charge in [-0.15, -0.1) is 0 Å². The number of hydrogen-bond donors (Lipinski definition) is 2. The standard InChI is InChI=1S/C15H18N2O6S/c1-17-4-3-9(7-13(17)18)14(19)16-11-5-10(15(20)21)6-12(8-11)24(2,22)23/h5-6,8-9H,3-4,7H2,1-2H3,(H,16,19)(H,20,21). The molecule has 8 nitrogen and oxygen atoms in total. The van der Waals surface area contributed by atoms with E-state index in [9.17, 15) is 22.8 Å². The lowest BCUT2D eigenvalue weighted by atomic mass is 9.95. The second-order valence-electron chi connectivity index (χ2n) is 5.82. The predicted octanol–water partition coefficient (Wildman–Crippen LogP) is 0.595. The molecule has 24 heavy (non-hydrogen) atoms. The predicted molar refractivity (Wildman–Crippen MR) is 85.5 cm³/mol. The number of aromatic carboxylic acids is 1. The molecule has 0 saturated carbocycles. The maximum atomic E-state index is 12.3. The number of sulfone groups is 1. The molecule has 1 fully saturated rings. The van der Waals surface area contributed by atoms with Crippen molar-refractivity contribution in [1.29, 1.82) is 0 Å². The highest BCUT2D eigenvalue weighted by molar-refractivity contribution is 7.90. The van der Waals surface area contributed by atoms with Crippen LogP contribution in [-0.2, 0) is 19.4 Å². The monoisotopic (exact) mass is 354 g/mol. The number of carboxylic acids is 1. The number of carbonyl (C=O) groups is 3. The summed E-state index contributed by atoms with van der Waals surface area (Å²) < 4.78 is 23.3. The molecule has 1 unspecified atom stereocenters. The van der Waals surface area contributed by atoms with E-state index in [1.807, 2.05) is 0 Å². The highest BCUT2D eigenvalue weighted by Gasteiger charge is 2.29. The summed E-state index contributed by atoms with van der Waals surface area (Å²) >= 11 is 0. The molecule has 1 aromatic carbocycles. The van der Waals surface area contributed by atoms with Gasteiger partial charge in [0.25, 0.3) is 0 Å². The summed E-state index contributed by atoms with van der Waals surface area (Å²) in [4.78, 5) is 36.4. The fourth-order valence-electron chi connectivity index (χ4n) is 2.42. The Morgan fingerprint density at radius 3 is 2.50 bits per heavy atom. The number of anilines is 1. The lowest BCUT2D eigenvalue weighted by Gasteiger charge is -2.28. The Balaban J connectivity index is 2.25. The number of likely N-dealkylation sites (tertiary alicyclic amines) is 1. The van der Waals surface area contributed by atoms with Crippen molar-refractivity contribution in [1.82, 2.24) is 4.90 Å². The van der Waals surface area contributed by atoms with Gasteiger partial charge in [0.05, 0.1) is 10.5 Å². The van der Waals surface area contributed by atoms with E-state index in [2.05, 4.69) is 5.32 Å². The molecule has 2 N–H and O–H groups in total. The number of nitrogens with one attached hydrogen (secondary N) is 1. The Labute approximate surface area is 139 Å². The number of piperidine rings is 1. The molecule has 1 atom stereocenters. The molecule has 0 spiro atoms. The van der Waals surface area contributed by atoms with Gasteiger partial charge in [0, 0.05) is 37.9 Å². The molecule has 0 bridgehead atoms. The fraction of sp³-hybridized carbons (Fsp3) is 0.400. The molecule has 0 aromatic heterocycles. The average Bonchev–Trinajstić information content (AvgIpc) is 2.48. The van der Waals surface area contributed by atoms with Crippen LogP contribution in [0.25, 0.3) is 0 Å². The number of carboxylic acid groups (broad SMARTS) is 1. The van der Waals surface area contributed by atoms with E-state index in [0.717, 1.165) is 12.3 Å². The van der Waals surface area contributed by atoms with Crippen molar-refractivity contribution in [3.05, 3.63) is 23.8 Å². The summed E-state index contributed by atoms with van der Waals surface area (Å²) in [6, 6.07) is 3.43. The van der Waals surface area contributed by atoms with E-state index in [1.165, 1.54) is 17.0 Å². The minimum absolute atomic E-state index is 0.0693. The molecule has 130 valence electrons. The Bertz CT molecular complexity index is 802. The van der Waals surface area contributed by atoms with E-state index in [-0.39, 0.29) is 28.5 Å². The van der Waals surface area contributed by atoms with Crippen LogP contribution in [0.1, 0.15) is 23.2 Å². The zero-order chi connectivity index (χ0) is 18.1. The van der Waals surface area contributed by atoms with Crippen LogP contribution < -0.4 is 5.32 Å². The summed E-state index contributed by atoms with van der Waals surface area (Å²) in [6.07, 6.45) is 1.51. The van der Waals surface area contributed by atoms with Gasteiger partial charge < -0.3 is 15.3 Å². The Kier molecular flexibility index (Phi) is 4.93. The largest absolute Gasteiger partial charge is 0.478 e. The van der Waals surface area contributed by atoms with Crippen LogP contribution in [-0.4, -0.2) is 56.1 Å². The van der Waals surface area contributed by atoms with Gasteiger partial charge in [0.2, 0.25) is 11.8 Å². The third kappa shape index (κ3) is 4.10. The van der Waals surface area contributed by atoms with Crippen molar-refractivity contribution in [2.45, 2.75) is 17.7 Å². The topological polar surface area (TPSA) is 121 Å². The number of amides is 2. The fourth-order valence-corrected chi connectivity index (χ4v) is 3.10. The Hall–Kier alpha value is -2.42. The number of hydrogen-bond acceptors (Lipinski definition) is 5. The average molecular weight is 354 g/mol. The molecule has 2 amide bonds. The number of rotatable bonds is 4. The van der Waals surface area contributed by atoms with Crippen molar-refractivity contribution in [2.24, 2.45) is 5.92 Å². The van der Waals surface area contributed by atoms with Crippen LogP contribution in [0, 0.1) is 5.92 Å². The number of nitrogens with zero attached hydrogens (tertiary/aromatic N) is 1. The van der Waals surface area contributed by atoms with Crippen LogP contribution in [0.3, 0.4) is 0 Å². The van der Waals surface area contributed by atoms with E-state index >= 15 is 0 Å². The van der Waals surface area contributed by atoms with E-state index in [1.54, 1.807) is 7.05 Å². The molecule has 0 aliphatic carbocycles. The molecule has 1 aromatic rings. The van der Waals surface area contributed by atoms with E-state index in [4.69, 9.17) is 5.11 Å². The normalized spacial score (nSPS) is 18.3. The lowest BCUT2D eigenvalue weighted by Crippen LogP contribution is -2.39. The molecule has 1 saturated heterocycles. The highest BCUT2D eigenvalue weighted by Crippen LogP contribution is 2.23. The zero-order valence-corrected chi connectivity index (χ0v) is 14.1. The van der Waals surface area contributed by atoms with Gasteiger partial charge in [0.1, 0.15) is 0 Å². The van der Waals surface area contributed by atoms with Crippen molar-refractivity contribution in [3.63, 3.8) is 0 Å². The summed E-state index contributed by atoms with van der Waals surface area (Å²) in [6.45, 7) is 0.459. The summed E-state index contributed by atoms with van der Waals surface area (Å²) in [5.41, 5.74) is -0.167. The van der Waals surface area contributed by atoms with Crippen molar-refractivity contribution >= 4 is 33.3 Å². The quantitative estimate of drug-likeness (QED) is 0.816. The van der Waals surface area contributed by atoms with Crippen molar-refractivity contribution in [3.8, 4) is 0 Å². The molecule has 1 aliphatic heterocycles. The van der Waals surface area contributed by atoms with Crippen molar-refractivity contribution in [2.75, 3.05) is 25.2 Å². The smallest absolute Gasteiger partial charge is 0.335 e. The molecule has 0 radical (unpaired) electrons. The molecular weight excluding hydrogens is 336 g/mol. The highest BCUT2D eigenvalue weighted by atomic mass is 32.2. The first-order chi connectivity index (χ1) is 11.1. The minimum Gasteiger partial charge on any atom is -0.478 e. The van der Waals surface area contributed by atoms with Gasteiger partial charge >= 0.3 is 5.97 Å². The Morgan fingerprint density at radius 1 is 1.29 bits per heavy atom. The van der Waals surface area contributed by atoms with Crippen LogP contribution in [0.2, 0.25) is 0 Å². The van der Waals surface area contributed by atoms with Gasteiger partial charge in [-0.2, -0.15) is 0 Å². The van der Waals surface area contributed by atoms with Crippen LogP contribution in [0.5, 0.6) is 0 Å². The third-order valence-electron chi connectivity index (χ3n) is 3.88. The van der Waals surface area contributed by atoms with Gasteiger partial charge in [0.15, 0.2) is 9.84 Å². The first kappa shape index (κ1) is 17.9. The second-order valence-corrected chi connectivity index (χ2v) is 7.83. The minimum atomic E-state index is -3.63. The number of carbonyl (C=O) groups excluding carboxylic acids is 2. The first-order valence-electron chi connectivity index (χ1n) is 7.21. The van der Waals surface area contributed by atoms with Gasteiger partial charge in [-0.3, -0.25) is 9.59 Å². The summed E-state index contributed by atoms with van der Waals surface area (Å²) in [5.74, 6) is -2.40. The van der Waals surface area contributed by atoms with Crippen LogP contribution >= 0.6 is 0 Å². The SMILES string of the molecule is CN1CCC(C(=O)Nc2cc(C(=O)O)cc(S(C)(=O)=O)c2)CC1=O. The second kappa shape index (κ2) is 6.60. The molecule has 9 heteroatoms. The molecule has 1 aliphatic rings. The Morgan fingerprint density at radius 2 is 1.96 bits per heavy atom. The first-order valence-corrected chi connectivity index (χ1v) is 9.10. The van der Waals surface area contributed by atoms with E-state index < -0.39 is 27.6 Å². The van der Waals surface area contributed by atoms with Gasteiger partial charge in [-0.1, -0.05) is 0 Å². The maximum absolute atomic E-state index is 12.3. The number of benzene rings is 1. The molecule has 1 heterocycles. The zero-order valence-electron chi connectivity index (χ0n) is 13.3. The maximum Gasteiger partial charge on any atom is 0.335 e. The van der Waals surface area contributed by atoms with Crippen LogP contribution in [0.4, 0.5) is 5.69 Å². The third-order valence-corrected chi connectivity index (χ3v) is 4.97. The summed E-state index contributed by atoms with van der Waals surface area (Å²) in [5, 5.41) is 11.6. The van der Waals surface area contributed by atoms with Crippen LogP contribution in [0.15, 0.2) is 23.1 Å². The lowest BCUT2D eigenvalue weighted by molar-refractivity contribution is -0.137. The summed E-state index contributed by atoms with van der Waals surface area (Å²) in [7, 11) is -1.98. The van der Waals surface area contributed by atoms with Gasteiger partial charge in [-0.05, 0) is 24.6 Å². The van der Waals surface area contributed by atoms with Crippen molar-refractivity contribution < 1.29 is 27.9 Å². The van der Waals surface area contributed by atoms with Gasteiger partial charge in [-0.25, -0.2) is 13.2 Å². The molecule has 2 rings (SSSR count). The van der Waals surface area contributed by atoms with E-state index in [0.29, 0.717) is 13.0 Å². The molecular formula is C15H18N2O6S.